The van der Waals surface area contributed by atoms with E-state index in [1.807, 2.05) is 6.92 Å². The fourth-order valence-corrected chi connectivity index (χ4v) is 2.10. The monoisotopic (exact) mass is 279 g/mol. The van der Waals surface area contributed by atoms with Gasteiger partial charge in [-0.1, -0.05) is 44.2 Å². The standard InChI is InChI=1S/C16H21NO.ClH/c1-4-18-16-10-9-13-7-5-6-8-14(13)15(16)11-17-12(2)3;/h5-10,12,17H,4,11H2,1-3H3;1H. The van der Waals surface area contributed by atoms with Crippen molar-refractivity contribution >= 4 is 23.2 Å². The summed E-state index contributed by atoms with van der Waals surface area (Å²) in [4.78, 5) is 0. The second kappa shape index (κ2) is 7.37. The molecule has 104 valence electrons. The third-order valence-electron chi connectivity index (χ3n) is 2.98. The van der Waals surface area contributed by atoms with Crippen LogP contribution in [0.2, 0.25) is 0 Å². The van der Waals surface area contributed by atoms with E-state index < -0.39 is 0 Å². The van der Waals surface area contributed by atoms with E-state index in [1.165, 1.54) is 16.3 Å². The molecule has 0 atom stereocenters. The lowest BCUT2D eigenvalue weighted by Gasteiger charge is -2.15. The molecule has 0 radical (unpaired) electrons. The fourth-order valence-electron chi connectivity index (χ4n) is 2.10. The minimum Gasteiger partial charge on any atom is -0.494 e. The van der Waals surface area contributed by atoms with Crippen molar-refractivity contribution < 1.29 is 4.74 Å². The molecule has 0 aliphatic carbocycles. The third kappa shape index (κ3) is 3.85. The molecule has 0 aliphatic heterocycles. The highest BCUT2D eigenvalue weighted by molar-refractivity contribution is 5.87. The van der Waals surface area contributed by atoms with Crippen LogP contribution in [0.4, 0.5) is 0 Å². The average Bonchev–Trinajstić information content (AvgIpc) is 2.37. The van der Waals surface area contributed by atoms with E-state index in [9.17, 15) is 0 Å². The van der Waals surface area contributed by atoms with Crippen LogP contribution in [0, 0.1) is 0 Å². The third-order valence-corrected chi connectivity index (χ3v) is 2.98. The first-order chi connectivity index (χ1) is 8.72. The van der Waals surface area contributed by atoms with Gasteiger partial charge in [0.05, 0.1) is 6.61 Å². The van der Waals surface area contributed by atoms with Crippen LogP contribution in [0.5, 0.6) is 5.75 Å². The van der Waals surface area contributed by atoms with Crippen molar-refractivity contribution in [3.05, 3.63) is 42.0 Å². The largest absolute Gasteiger partial charge is 0.494 e. The molecule has 0 unspecified atom stereocenters. The Morgan fingerprint density at radius 1 is 1.11 bits per heavy atom. The van der Waals surface area contributed by atoms with Gasteiger partial charge in [0, 0.05) is 18.2 Å². The molecule has 0 fully saturated rings. The van der Waals surface area contributed by atoms with Crippen LogP contribution in [-0.2, 0) is 6.54 Å². The molecule has 2 aromatic carbocycles. The van der Waals surface area contributed by atoms with E-state index in [2.05, 4.69) is 55.6 Å². The van der Waals surface area contributed by atoms with Crippen LogP contribution in [0.1, 0.15) is 26.3 Å². The zero-order chi connectivity index (χ0) is 13.0. The summed E-state index contributed by atoms with van der Waals surface area (Å²) in [5.74, 6) is 0.990. The van der Waals surface area contributed by atoms with Gasteiger partial charge in [-0.2, -0.15) is 0 Å². The maximum absolute atomic E-state index is 5.74. The second-order valence-electron chi connectivity index (χ2n) is 4.73. The number of nitrogens with one attached hydrogen (secondary N) is 1. The highest BCUT2D eigenvalue weighted by Crippen LogP contribution is 2.28. The minimum atomic E-state index is 0. The Morgan fingerprint density at radius 2 is 1.84 bits per heavy atom. The Labute approximate surface area is 121 Å². The molecule has 0 spiro atoms. The summed E-state index contributed by atoms with van der Waals surface area (Å²) in [5.41, 5.74) is 1.25. The first-order valence-electron chi connectivity index (χ1n) is 6.59. The SMILES string of the molecule is CCOc1ccc2ccccc2c1CNC(C)C.Cl. The summed E-state index contributed by atoms with van der Waals surface area (Å²) in [6, 6.07) is 13.1. The Bertz CT molecular complexity index is 525. The van der Waals surface area contributed by atoms with Crippen molar-refractivity contribution in [1.29, 1.82) is 0 Å². The number of hydrogen-bond donors (Lipinski definition) is 1. The molecule has 19 heavy (non-hydrogen) atoms. The van der Waals surface area contributed by atoms with E-state index in [1.54, 1.807) is 0 Å². The molecule has 0 bridgehead atoms. The fraction of sp³-hybridized carbons (Fsp3) is 0.375. The Balaban J connectivity index is 0.00000180. The molecule has 3 heteroatoms. The topological polar surface area (TPSA) is 21.3 Å². The van der Waals surface area contributed by atoms with Gasteiger partial charge >= 0.3 is 0 Å². The first kappa shape index (κ1) is 15.8. The molecular weight excluding hydrogens is 258 g/mol. The van der Waals surface area contributed by atoms with Gasteiger partial charge < -0.3 is 10.1 Å². The van der Waals surface area contributed by atoms with Crippen molar-refractivity contribution in [2.75, 3.05) is 6.61 Å². The minimum absolute atomic E-state index is 0. The maximum Gasteiger partial charge on any atom is 0.124 e. The summed E-state index contributed by atoms with van der Waals surface area (Å²) >= 11 is 0. The molecule has 2 nitrogen and oxygen atoms in total. The van der Waals surface area contributed by atoms with Crippen LogP contribution in [-0.4, -0.2) is 12.6 Å². The molecule has 1 N–H and O–H groups in total. The molecule has 2 rings (SSSR count). The van der Waals surface area contributed by atoms with Gasteiger partial charge in [-0.3, -0.25) is 0 Å². The second-order valence-corrected chi connectivity index (χ2v) is 4.73. The molecule has 0 aliphatic rings. The van der Waals surface area contributed by atoms with Crippen LogP contribution in [0.25, 0.3) is 10.8 Å². The lowest BCUT2D eigenvalue weighted by molar-refractivity contribution is 0.335. The summed E-state index contributed by atoms with van der Waals surface area (Å²) in [7, 11) is 0. The number of hydrogen-bond acceptors (Lipinski definition) is 2. The van der Waals surface area contributed by atoms with Crippen molar-refractivity contribution in [2.24, 2.45) is 0 Å². The number of rotatable bonds is 5. The Morgan fingerprint density at radius 3 is 2.53 bits per heavy atom. The lowest BCUT2D eigenvalue weighted by Crippen LogP contribution is -2.22. The number of fused-ring (bicyclic) bond motifs is 1. The van der Waals surface area contributed by atoms with Gasteiger partial charge in [0.15, 0.2) is 0 Å². The van der Waals surface area contributed by atoms with Crippen molar-refractivity contribution in [2.45, 2.75) is 33.4 Å². The molecule has 2 aromatic rings. The zero-order valence-corrected chi connectivity index (χ0v) is 12.6. The van der Waals surface area contributed by atoms with Crippen LogP contribution >= 0.6 is 12.4 Å². The van der Waals surface area contributed by atoms with E-state index in [0.717, 1.165) is 12.3 Å². The molecular formula is C16H22ClNO. The molecule has 0 amide bonds. The smallest absolute Gasteiger partial charge is 0.124 e. The predicted octanol–water partition coefficient (Wildman–Crippen LogP) is 4.16. The number of benzene rings is 2. The van der Waals surface area contributed by atoms with E-state index in [4.69, 9.17) is 4.74 Å². The van der Waals surface area contributed by atoms with Crippen LogP contribution < -0.4 is 10.1 Å². The van der Waals surface area contributed by atoms with Gasteiger partial charge in [-0.05, 0) is 23.8 Å². The number of ether oxygens (including phenoxy) is 1. The van der Waals surface area contributed by atoms with E-state index in [0.29, 0.717) is 12.6 Å². The van der Waals surface area contributed by atoms with Crippen molar-refractivity contribution in [1.82, 2.24) is 5.32 Å². The highest BCUT2D eigenvalue weighted by Gasteiger charge is 2.08. The molecule has 0 aromatic heterocycles. The highest BCUT2D eigenvalue weighted by atomic mass is 35.5. The van der Waals surface area contributed by atoms with Crippen LogP contribution in [0.3, 0.4) is 0 Å². The van der Waals surface area contributed by atoms with Gasteiger partial charge in [-0.25, -0.2) is 0 Å². The summed E-state index contributed by atoms with van der Waals surface area (Å²) in [6.45, 7) is 7.88. The summed E-state index contributed by atoms with van der Waals surface area (Å²) < 4.78 is 5.74. The summed E-state index contributed by atoms with van der Waals surface area (Å²) in [6.07, 6.45) is 0. The molecule has 0 saturated carbocycles. The molecule has 0 saturated heterocycles. The predicted molar refractivity (Wildman–Crippen MR) is 84.3 cm³/mol. The zero-order valence-electron chi connectivity index (χ0n) is 11.8. The Kier molecular flexibility index (Phi) is 6.13. The quantitative estimate of drug-likeness (QED) is 0.887. The maximum atomic E-state index is 5.74. The van der Waals surface area contributed by atoms with E-state index in [-0.39, 0.29) is 12.4 Å². The number of halogens is 1. The van der Waals surface area contributed by atoms with Gasteiger partial charge in [0.1, 0.15) is 5.75 Å². The summed E-state index contributed by atoms with van der Waals surface area (Å²) in [5, 5.41) is 6.01. The average molecular weight is 280 g/mol. The first-order valence-corrected chi connectivity index (χ1v) is 6.59. The lowest BCUT2D eigenvalue weighted by atomic mass is 10.0. The Hall–Kier alpha value is -1.25. The molecule has 0 heterocycles. The van der Waals surface area contributed by atoms with Crippen LogP contribution in [0.15, 0.2) is 36.4 Å². The van der Waals surface area contributed by atoms with Crippen molar-refractivity contribution in [3.8, 4) is 5.75 Å². The van der Waals surface area contributed by atoms with Gasteiger partial charge in [0.2, 0.25) is 0 Å². The normalized spacial score (nSPS) is 10.5. The van der Waals surface area contributed by atoms with Gasteiger partial charge in [0.25, 0.3) is 0 Å². The van der Waals surface area contributed by atoms with E-state index >= 15 is 0 Å². The van der Waals surface area contributed by atoms with Crippen molar-refractivity contribution in [3.63, 3.8) is 0 Å². The van der Waals surface area contributed by atoms with Gasteiger partial charge in [-0.15, -0.1) is 12.4 Å².